The quantitative estimate of drug-likeness (QED) is 0.722. The van der Waals surface area contributed by atoms with Crippen molar-refractivity contribution >= 4 is 0 Å². The smallest absolute Gasteiger partial charge is 0.248 e. The molecule has 2 N–H and O–H groups in total. The summed E-state index contributed by atoms with van der Waals surface area (Å²) in [6.07, 6.45) is 2.43. The van der Waals surface area contributed by atoms with E-state index in [1.165, 1.54) is 17.5 Å². The normalized spacial score (nSPS) is 17.9. The van der Waals surface area contributed by atoms with Gasteiger partial charge in [-0.3, -0.25) is 5.10 Å². The molecule has 0 radical (unpaired) electrons. The van der Waals surface area contributed by atoms with Crippen LogP contribution in [-0.4, -0.2) is 31.9 Å². The van der Waals surface area contributed by atoms with Crippen molar-refractivity contribution in [1.29, 1.82) is 0 Å². The van der Waals surface area contributed by atoms with Crippen LogP contribution in [0.25, 0.3) is 11.6 Å². The topological polar surface area (TPSA) is 92.5 Å². The van der Waals surface area contributed by atoms with Crippen molar-refractivity contribution in [3.63, 3.8) is 0 Å². The van der Waals surface area contributed by atoms with Gasteiger partial charge >= 0.3 is 0 Å². The van der Waals surface area contributed by atoms with Gasteiger partial charge in [-0.1, -0.05) is 29.4 Å². The Kier molecular flexibility index (Phi) is 2.56. The lowest BCUT2D eigenvalue weighted by Crippen LogP contribution is -2.30. The van der Waals surface area contributed by atoms with Gasteiger partial charge in [-0.25, -0.2) is 4.98 Å². The van der Waals surface area contributed by atoms with Crippen molar-refractivity contribution in [2.45, 2.75) is 12.5 Å². The molecule has 1 unspecified atom stereocenters. The molecule has 0 fully saturated rings. The Bertz CT molecular complexity index is 720. The molecular formula is C13H12N6O. The van der Waals surface area contributed by atoms with Gasteiger partial charge in [0.2, 0.25) is 11.7 Å². The molecule has 1 aromatic carbocycles. The van der Waals surface area contributed by atoms with E-state index in [0.29, 0.717) is 17.5 Å². The summed E-state index contributed by atoms with van der Waals surface area (Å²) in [6, 6.07) is 8.23. The number of rotatable bonds is 2. The number of nitrogens with zero attached hydrogens (tertiary/aromatic N) is 4. The Balaban J connectivity index is 1.72. The predicted octanol–water partition coefficient (Wildman–Crippen LogP) is 1.09. The second-order valence-corrected chi connectivity index (χ2v) is 4.63. The molecule has 7 heteroatoms. The first kappa shape index (κ1) is 11.3. The van der Waals surface area contributed by atoms with Crippen LogP contribution in [0.5, 0.6) is 0 Å². The molecule has 0 spiro atoms. The van der Waals surface area contributed by atoms with E-state index >= 15 is 0 Å². The lowest BCUT2D eigenvalue weighted by atomic mass is 9.94. The molecule has 0 saturated carbocycles. The molecule has 0 amide bonds. The Hall–Kier alpha value is -2.54. The fourth-order valence-corrected chi connectivity index (χ4v) is 2.49. The zero-order chi connectivity index (χ0) is 13.4. The lowest BCUT2D eigenvalue weighted by Gasteiger charge is -2.23. The van der Waals surface area contributed by atoms with E-state index in [9.17, 15) is 0 Å². The highest BCUT2D eigenvalue weighted by atomic mass is 16.5. The summed E-state index contributed by atoms with van der Waals surface area (Å²) in [7, 11) is 0. The maximum absolute atomic E-state index is 5.37. The van der Waals surface area contributed by atoms with E-state index in [0.717, 1.165) is 13.0 Å². The highest BCUT2D eigenvalue weighted by Crippen LogP contribution is 2.28. The van der Waals surface area contributed by atoms with Gasteiger partial charge in [0.15, 0.2) is 5.82 Å². The van der Waals surface area contributed by atoms with Crippen LogP contribution >= 0.6 is 0 Å². The first-order valence-corrected chi connectivity index (χ1v) is 6.42. The lowest BCUT2D eigenvalue weighted by molar-refractivity contribution is 0.343. The molecule has 7 nitrogen and oxygen atoms in total. The van der Waals surface area contributed by atoms with Crippen LogP contribution in [0.1, 0.15) is 23.1 Å². The molecule has 0 bridgehead atoms. The van der Waals surface area contributed by atoms with Crippen molar-refractivity contribution in [2.24, 2.45) is 0 Å². The van der Waals surface area contributed by atoms with E-state index < -0.39 is 0 Å². The Morgan fingerprint density at radius 1 is 1.25 bits per heavy atom. The molecule has 1 aliphatic rings. The number of hydrogen-bond donors (Lipinski definition) is 2. The van der Waals surface area contributed by atoms with Crippen molar-refractivity contribution in [3.05, 3.63) is 47.6 Å². The number of benzene rings is 1. The van der Waals surface area contributed by atoms with E-state index in [1.54, 1.807) is 0 Å². The van der Waals surface area contributed by atoms with Crippen molar-refractivity contribution in [2.75, 3.05) is 6.54 Å². The summed E-state index contributed by atoms with van der Waals surface area (Å²) in [4.78, 5) is 8.42. The van der Waals surface area contributed by atoms with Gasteiger partial charge in [-0.05, 0) is 17.5 Å². The average molecular weight is 268 g/mol. The van der Waals surface area contributed by atoms with E-state index in [2.05, 4.69) is 48.8 Å². The monoisotopic (exact) mass is 268 g/mol. The largest absolute Gasteiger partial charge is 0.337 e. The molecule has 3 heterocycles. The van der Waals surface area contributed by atoms with Gasteiger partial charge in [-0.2, -0.15) is 10.1 Å². The zero-order valence-corrected chi connectivity index (χ0v) is 10.6. The second kappa shape index (κ2) is 4.53. The molecule has 0 aliphatic carbocycles. The third-order valence-corrected chi connectivity index (χ3v) is 3.42. The van der Waals surface area contributed by atoms with Gasteiger partial charge in [0.05, 0.1) is 0 Å². The molecule has 1 aliphatic heterocycles. The molecule has 2 aromatic heterocycles. The number of aromatic nitrogens is 5. The summed E-state index contributed by atoms with van der Waals surface area (Å²) in [5.74, 6) is 1.47. The number of H-pyrrole nitrogens is 1. The zero-order valence-electron chi connectivity index (χ0n) is 10.6. The molecule has 3 aromatic rings. The fraction of sp³-hybridized carbons (Fsp3) is 0.231. The SMILES string of the molecule is c1ccc2c(c1)CCNC2c1nc(-c2ncn[nH]2)no1. The van der Waals surface area contributed by atoms with Crippen molar-refractivity contribution in [3.8, 4) is 11.6 Å². The first-order valence-electron chi connectivity index (χ1n) is 6.42. The van der Waals surface area contributed by atoms with Crippen LogP contribution in [-0.2, 0) is 6.42 Å². The van der Waals surface area contributed by atoms with Crippen LogP contribution in [0.2, 0.25) is 0 Å². The Labute approximate surface area is 114 Å². The number of fused-ring (bicyclic) bond motifs is 1. The summed E-state index contributed by atoms with van der Waals surface area (Å²) in [5, 5.41) is 13.9. The third kappa shape index (κ3) is 1.79. The summed E-state index contributed by atoms with van der Waals surface area (Å²) < 4.78 is 5.37. The average Bonchev–Trinajstić information content (AvgIpc) is 3.17. The molecule has 0 saturated heterocycles. The van der Waals surface area contributed by atoms with E-state index in [4.69, 9.17) is 4.52 Å². The minimum absolute atomic E-state index is 0.0656. The Morgan fingerprint density at radius 2 is 2.20 bits per heavy atom. The Morgan fingerprint density at radius 3 is 3.10 bits per heavy atom. The first-order chi connectivity index (χ1) is 9.92. The molecule has 100 valence electrons. The molecular weight excluding hydrogens is 256 g/mol. The van der Waals surface area contributed by atoms with Crippen LogP contribution in [0.4, 0.5) is 0 Å². The van der Waals surface area contributed by atoms with Crippen molar-refractivity contribution < 1.29 is 4.52 Å². The summed E-state index contributed by atoms with van der Waals surface area (Å²) in [5.41, 5.74) is 2.50. The molecule has 4 rings (SSSR count). The third-order valence-electron chi connectivity index (χ3n) is 3.42. The van der Waals surface area contributed by atoms with Gasteiger partial charge < -0.3 is 9.84 Å². The fourth-order valence-electron chi connectivity index (χ4n) is 2.49. The minimum atomic E-state index is -0.0656. The number of aromatic amines is 1. The van der Waals surface area contributed by atoms with Crippen LogP contribution in [0, 0.1) is 0 Å². The van der Waals surface area contributed by atoms with Crippen LogP contribution in [0.15, 0.2) is 35.1 Å². The predicted molar refractivity (Wildman–Crippen MR) is 69.7 cm³/mol. The minimum Gasteiger partial charge on any atom is -0.337 e. The van der Waals surface area contributed by atoms with E-state index in [-0.39, 0.29) is 6.04 Å². The van der Waals surface area contributed by atoms with Gasteiger partial charge in [-0.15, -0.1) is 0 Å². The van der Waals surface area contributed by atoms with Crippen LogP contribution in [0.3, 0.4) is 0 Å². The standard InChI is InChI=1S/C13H12N6O/c1-2-4-9-8(3-1)5-6-14-10(9)13-17-12(19-20-13)11-15-7-16-18-11/h1-4,7,10,14H,5-6H2,(H,15,16,18). The highest BCUT2D eigenvalue weighted by Gasteiger charge is 2.26. The number of nitrogens with one attached hydrogen (secondary N) is 2. The van der Waals surface area contributed by atoms with Crippen molar-refractivity contribution in [1.82, 2.24) is 30.6 Å². The molecule has 20 heavy (non-hydrogen) atoms. The highest BCUT2D eigenvalue weighted by molar-refractivity contribution is 5.41. The second-order valence-electron chi connectivity index (χ2n) is 4.63. The summed E-state index contributed by atoms with van der Waals surface area (Å²) in [6.45, 7) is 0.891. The number of hydrogen-bond acceptors (Lipinski definition) is 6. The van der Waals surface area contributed by atoms with Crippen LogP contribution < -0.4 is 5.32 Å². The van der Waals surface area contributed by atoms with Gasteiger partial charge in [0, 0.05) is 6.54 Å². The van der Waals surface area contributed by atoms with E-state index in [1.807, 2.05) is 6.07 Å². The van der Waals surface area contributed by atoms with Gasteiger partial charge in [0.1, 0.15) is 12.4 Å². The van der Waals surface area contributed by atoms with Gasteiger partial charge in [0.25, 0.3) is 0 Å². The molecule has 1 atom stereocenters. The summed E-state index contributed by atoms with van der Waals surface area (Å²) >= 11 is 0. The maximum atomic E-state index is 5.37. The maximum Gasteiger partial charge on any atom is 0.248 e.